The van der Waals surface area contributed by atoms with E-state index < -0.39 is 0 Å². The second-order valence-electron chi connectivity index (χ2n) is 4.95. The quantitative estimate of drug-likeness (QED) is 0.845. The van der Waals surface area contributed by atoms with Gasteiger partial charge in [-0.1, -0.05) is 6.92 Å². The zero-order chi connectivity index (χ0) is 12.5. The van der Waals surface area contributed by atoms with Crippen molar-refractivity contribution in [1.29, 1.82) is 0 Å². The van der Waals surface area contributed by atoms with Crippen molar-refractivity contribution in [3.8, 4) is 0 Å². The van der Waals surface area contributed by atoms with Crippen LogP contribution < -0.4 is 10.2 Å². The average Bonchev–Trinajstić information content (AvgIpc) is 2.30. The SMILES string of the molecule is CCc1ncnc(N2CCNCC2(C)C)c1F. The van der Waals surface area contributed by atoms with E-state index in [0.717, 1.165) is 19.6 Å². The Morgan fingerprint density at radius 3 is 2.88 bits per heavy atom. The second kappa shape index (κ2) is 4.56. The minimum Gasteiger partial charge on any atom is -0.346 e. The summed E-state index contributed by atoms with van der Waals surface area (Å²) in [5.74, 6) is 0.160. The summed E-state index contributed by atoms with van der Waals surface area (Å²) >= 11 is 0. The van der Waals surface area contributed by atoms with Gasteiger partial charge < -0.3 is 10.2 Å². The molecule has 4 nitrogen and oxygen atoms in total. The molecule has 0 unspecified atom stereocenters. The lowest BCUT2D eigenvalue weighted by Crippen LogP contribution is -2.58. The summed E-state index contributed by atoms with van der Waals surface area (Å²) in [5.41, 5.74) is 0.364. The molecule has 1 aromatic rings. The number of nitrogens with one attached hydrogen (secondary N) is 1. The topological polar surface area (TPSA) is 41.1 Å². The number of aromatic nitrogens is 2. The summed E-state index contributed by atoms with van der Waals surface area (Å²) in [6.45, 7) is 8.53. The van der Waals surface area contributed by atoms with Crippen LogP contribution in [0, 0.1) is 5.82 Å². The molecule has 0 radical (unpaired) electrons. The Bertz CT molecular complexity index is 405. The molecule has 1 aliphatic heterocycles. The van der Waals surface area contributed by atoms with Gasteiger partial charge in [0.1, 0.15) is 6.33 Å². The van der Waals surface area contributed by atoms with Crippen LogP contribution in [0.15, 0.2) is 6.33 Å². The Balaban J connectivity index is 2.39. The van der Waals surface area contributed by atoms with Crippen LogP contribution in [-0.2, 0) is 6.42 Å². The summed E-state index contributed by atoms with van der Waals surface area (Å²) in [6, 6.07) is 0. The lowest BCUT2D eigenvalue weighted by Gasteiger charge is -2.43. The van der Waals surface area contributed by atoms with E-state index in [0.29, 0.717) is 17.9 Å². The van der Waals surface area contributed by atoms with Crippen molar-refractivity contribution >= 4 is 5.82 Å². The Morgan fingerprint density at radius 1 is 1.47 bits per heavy atom. The van der Waals surface area contributed by atoms with Gasteiger partial charge in [-0.2, -0.15) is 0 Å². The Kier molecular flexibility index (Phi) is 3.28. The van der Waals surface area contributed by atoms with Gasteiger partial charge in [0.05, 0.1) is 5.69 Å². The van der Waals surface area contributed by atoms with Crippen LogP contribution in [-0.4, -0.2) is 35.1 Å². The lowest BCUT2D eigenvalue weighted by molar-refractivity contribution is 0.371. The van der Waals surface area contributed by atoms with Crippen molar-refractivity contribution in [1.82, 2.24) is 15.3 Å². The molecule has 1 N–H and O–H groups in total. The molecular weight excluding hydrogens is 219 g/mol. The molecule has 1 fully saturated rings. The Morgan fingerprint density at radius 2 is 2.24 bits per heavy atom. The van der Waals surface area contributed by atoms with E-state index in [9.17, 15) is 4.39 Å². The number of halogens is 1. The van der Waals surface area contributed by atoms with Crippen molar-refractivity contribution in [3.63, 3.8) is 0 Å². The van der Waals surface area contributed by atoms with Crippen molar-refractivity contribution in [2.75, 3.05) is 24.5 Å². The highest BCUT2D eigenvalue weighted by Gasteiger charge is 2.32. The normalized spacial score (nSPS) is 19.4. The number of anilines is 1. The van der Waals surface area contributed by atoms with E-state index in [1.165, 1.54) is 6.33 Å². The van der Waals surface area contributed by atoms with Crippen molar-refractivity contribution in [3.05, 3.63) is 17.8 Å². The number of aryl methyl sites for hydroxylation is 1. The molecule has 2 heterocycles. The van der Waals surface area contributed by atoms with E-state index in [1.54, 1.807) is 0 Å². The standard InChI is InChI=1S/C12H19FN4/c1-4-9-10(13)11(16-8-15-9)17-6-5-14-7-12(17,2)3/h8,14H,4-7H2,1-3H3. The summed E-state index contributed by atoms with van der Waals surface area (Å²) in [6.07, 6.45) is 2.04. The molecule has 94 valence electrons. The molecular formula is C12H19FN4. The van der Waals surface area contributed by atoms with Crippen molar-refractivity contribution < 1.29 is 4.39 Å². The van der Waals surface area contributed by atoms with Gasteiger partial charge in [-0.05, 0) is 20.3 Å². The fraction of sp³-hybridized carbons (Fsp3) is 0.667. The van der Waals surface area contributed by atoms with Crippen molar-refractivity contribution in [2.24, 2.45) is 0 Å². The van der Waals surface area contributed by atoms with Crippen molar-refractivity contribution in [2.45, 2.75) is 32.7 Å². The molecule has 5 heteroatoms. The molecule has 0 spiro atoms. The van der Waals surface area contributed by atoms with Gasteiger partial charge in [0, 0.05) is 25.2 Å². The van der Waals surface area contributed by atoms with Gasteiger partial charge >= 0.3 is 0 Å². The van der Waals surface area contributed by atoms with Gasteiger partial charge in [-0.15, -0.1) is 0 Å². The molecule has 0 bridgehead atoms. The molecule has 0 aromatic carbocycles. The summed E-state index contributed by atoms with van der Waals surface area (Å²) in [4.78, 5) is 10.1. The third-order valence-corrected chi connectivity index (χ3v) is 3.23. The fourth-order valence-electron chi connectivity index (χ4n) is 2.21. The maximum absolute atomic E-state index is 14.2. The molecule has 17 heavy (non-hydrogen) atoms. The van der Waals surface area contributed by atoms with E-state index in [-0.39, 0.29) is 11.4 Å². The van der Waals surface area contributed by atoms with Crippen LogP contribution in [0.1, 0.15) is 26.5 Å². The van der Waals surface area contributed by atoms with Crippen LogP contribution in [0.4, 0.5) is 10.2 Å². The first-order valence-corrected chi connectivity index (χ1v) is 6.04. The zero-order valence-corrected chi connectivity index (χ0v) is 10.6. The highest BCUT2D eigenvalue weighted by molar-refractivity contribution is 5.44. The molecule has 2 rings (SSSR count). The molecule has 0 atom stereocenters. The number of piperazine rings is 1. The largest absolute Gasteiger partial charge is 0.346 e. The van der Waals surface area contributed by atoms with Gasteiger partial charge in [-0.25, -0.2) is 14.4 Å². The van der Waals surface area contributed by atoms with Crippen LogP contribution in [0.25, 0.3) is 0 Å². The van der Waals surface area contributed by atoms with Gasteiger partial charge in [0.2, 0.25) is 0 Å². The predicted octanol–water partition coefficient (Wildman–Crippen LogP) is 1.37. The number of rotatable bonds is 2. The number of hydrogen-bond donors (Lipinski definition) is 1. The number of hydrogen-bond acceptors (Lipinski definition) is 4. The fourth-order valence-corrected chi connectivity index (χ4v) is 2.21. The minimum atomic E-state index is -0.273. The van der Waals surface area contributed by atoms with Gasteiger partial charge in [0.15, 0.2) is 11.6 Å². The summed E-state index contributed by atoms with van der Waals surface area (Å²) < 4.78 is 14.2. The number of nitrogens with zero attached hydrogens (tertiary/aromatic N) is 3. The monoisotopic (exact) mass is 238 g/mol. The average molecular weight is 238 g/mol. The highest BCUT2D eigenvalue weighted by atomic mass is 19.1. The van der Waals surface area contributed by atoms with E-state index in [4.69, 9.17) is 0 Å². The molecule has 0 amide bonds. The van der Waals surface area contributed by atoms with E-state index >= 15 is 0 Å². The third-order valence-electron chi connectivity index (χ3n) is 3.23. The third kappa shape index (κ3) is 2.24. The maximum Gasteiger partial charge on any atom is 0.187 e. The molecule has 0 aliphatic carbocycles. The maximum atomic E-state index is 14.2. The molecule has 1 aromatic heterocycles. The summed E-state index contributed by atoms with van der Waals surface area (Å²) in [7, 11) is 0. The summed E-state index contributed by atoms with van der Waals surface area (Å²) in [5, 5.41) is 3.32. The first kappa shape index (κ1) is 12.2. The molecule has 1 saturated heterocycles. The van der Waals surface area contributed by atoms with E-state index in [2.05, 4.69) is 29.1 Å². The van der Waals surface area contributed by atoms with Gasteiger partial charge in [0.25, 0.3) is 0 Å². The minimum absolute atomic E-state index is 0.127. The van der Waals surface area contributed by atoms with Crippen LogP contribution in [0.3, 0.4) is 0 Å². The first-order chi connectivity index (χ1) is 8.06. The Hall–Kier alpha value is -1.23. The Labute approximate surface area is 101 Å². The second-order valence-corrected chi connectivity index (χ2v) is 4.95. The van der Waals surface area contributed by atoms with Gasteiger partial charge in [-0.3, -0.25) is 0 Å². The first-order valence-electron chi connectivity index (χ1n) is 6.04. The predicted molar refractivity (Wildman–Crippen MR) is 65.7 cm³/mol. The highest BCUT2D eigenvalue weighted by Crippen LogP contribution is 2.26. The van der Waals surface area contributed by atoms with Crippen LogP contribution >= 0.6 is 0 Å². The molecule has 0 saturated carbocycles. The van der Waals surface area contributed by atoms with Crippen LogP contribution in [0.2, 0.25) is 0 Å². The lowest BCUT2D eigenvalue weighted by atomic mass is 10.00. The zero-order valence-electron chi connectivity index (χ0n) is 10.6. The smallest absolute Gasteiger partial charge is 0.187 e. The van der Waals surface area contributed by atoms with E-state index in [1.807, 2.05) is 11.8 Å². The van der Waals surface area contributed by atoms with Crippen LogP contribution in [0.5, 0.6) is 0 Å². The molecule has 1 aliphatic rings.